The van der Waals surface area contributed by atoms with E-state index in [2.05, 4.69) is 5.32 Å². The van der Waals surface area contributed by atoms with Gasteiger partial charge in [0, 0.05) is 6.07 Å². The van der Waals surface area contributed by atoms with Crippen molar-refractivity contribution in [3.8, 4) is 5.75 Å². The summed E-state index contributed by atoms with van der Waals surface area (Å²) in [6.07, 6.45) is 1.53. The lowest BCUT2D eigenvalue weighted by Gasteiger charge is -2.25. The van der Waals surface area contributed by atoms with Crippen LogP contribution in [0.3, 0.4) is 0 Å². The van der Waals surface area contributed by atoms with E-state index in [1.165, 1.54) is 0 Å². The first-order chi connectivity index (χ1) is 14.0. The lowest BCUT2D eigenvalue weighted by molar-refractivity contribution is -0.120. The molecule has 0 fully saturated rings. The molecule has 6 nitrogen and oxygen atoms in total. The van der Waals surface area contributed by atoms with E-state index in [1.54, 1.807) is 19.2 Å². The molecule has 0 aliphatic carbocycles. The highest BCUT2D eigenvalue weighted by molar-refractivity contribution is 7.92. The molecule has 0 saturated heterocycles. The van der Waals surface area contributed by atoms with Gasteiger partial charge in [-0.1, -0.05) is 26.0 Å². The maximum absolute atomic E-state index is 13.6. The summed E-state index contributed by atoms with van der Waals surface area (Å²) in [6, 6.07) is 9.54. The minimum absolute atomic E-state index is 0.128. The predicted octanol–water partition coefficient (Wildman–Crippen LogP) is 3.64. The third kappa shape index (κ3) is 6.41. The number of rotatable bonds is 9. The van der Waals surface area contributed by atoms with E-state index in [0.717, 1.165) is 34.3 Å². The van der Waals surface area contributed by atoms with Gasteiger partial charge >= 0.3 is 0 Å². The molecule has 1 atom stereocenters. The van der Waals surface area contributed by atoms with Crippen molar-refractivity contribution in [1.82, 2.24) is 5.32 Å². The van der Waals surface area contributed by atoms with E-state index < -0.39 is 34.1 Å². The number of halogens is 2. The molecular formula is C21H26F2N2O4S. The van der Waals surface area contributed by atoms with Crippen molar-refractivity contribution < 1.29 is 26.7 Å². The number of methoxy groups -OCH3 is 1. The summed E-state index contributed by atoms with van der Waals surface area (Å²) in [5, 5.41) is 2.85. The second kappa shape index (κ2) is 9.88. The highest BCUT2D eigenvalue weighted by Crippen LogP contribution is 2.24. The van der Waals surface area contributed by atoms with Crippen LogP contribution >= 0.6 is 0 Å². The van der Waals surface area contributed by atoms with Crippen LogP contribution in [0.5, 0.6) is 5.75 Å². The van der Waals surface area contributed by atoms with Gasteiger partial charge in [-0.3, -0.25) is 9.10 Å². The minimum Gasteiger partial charge on any atom is -0.497 e. The smallest absolute Gasteiger partial charge is 0.241 e. The van der Waals surface area contributed by atoms with Crippen molar-refractivity contribution in [3.63, 3.8) is 0 Å². The number of ether oxygens (including phenoxy) is 1. The van der Waals surface area contributed by atoms with Gasteiger partial charge in [0.15, 0.2) is 11.6 Å². The molecule has 0 unspecified atom stereocenters. The molecule has 0 radical (unpaired) electrons. The molecule has 0 aliphatic rings. The summed E-state index contributed by atoms with van der Waals surface area (Å²) in [6.45, 7) is 3.45. The number of carbonyl (C=O) groups excluding carboxylic acids is 1. The third-order valence-electron chi connectivity index (χ3n) is 4.44. The van der Waals surface area contributed by atoms with Crippen molar-refractivity contribution in [2.75, 3.05) is 24.2 Å². The summed E-state index contributed by atoms with van der Waals surface area (Å²) in [5.41, 5.74) is 0.716. The second-order valence-corrected chi connectivity index (χ2v) is 9.30. The van der Waals surface area contributed by atoms with Crippen LogP contribution in [0.1, 0.15) is 31.9 Å². The maximum atomic E-state index is 13.6. The van der Waals surface area contributed by atoms with Crippen molar-refractivity contribution >= 4 is 21.6 Å². The Labute approximate surface area is 175 Å². The van der Waals surface area contributed by atoms with Gasteiger partial charge in [-0.05, 0) is 42.2 Å². The molecule has 0 aromatic heterocycles. The van der Waals surface area contributed by atoms with Gasteiger partial charge in [-0.25, -0.2) is 17.2 Å². The zero-order valence-corrected chi connectivity index (χ0v) is 18.2. The molecular weight excluding hydrogens is 414 g/mol. The SMILES string of the molecule is COc1ccc([C@@H](CC(C)C)NC(=O)CN(c2ccc(F)c(F)c2)S(C)(=O)=O)cc1. The molecule has 0 saturated carbocycles. The number of sulfonamides is 1. The molecule has 0 heterocycles. The largest absolute Gasteiger partial charge is 0.497 e. The third-order valence-corrected chi connectivity index (χ3v) is 5.58. The average molecular weight is 441 g/mol. The van der Waals surface area contributed by atoms with Crippen LogP contribution < -0.4 is 14.4 Å². The molecule has 1 N–H and O–H groups in total. The summed E-state index contributed by atoms with van der Waals surface area (Å²) in [4.78, 5) is 12.7. The van der Waals surface area contributed by atoms with E-state index in [9.17, 15) is 22.0 Å². The van der Waals surface area contributed by atoms with Crippen LogP contribution in [0.2, 0.25) is 0 Å². The number of carbonyl (C=O) groups is 1. The van der Waals surface area contributed by atoms with Gasteiger partial charge in [-0.2, -0.15) is 0 Å². The van der Waals surface area contributed by atoms with E-state index in [1.807, 2.05) is 26.0 Å². The van der Waals surface area contributed by atoms with Gasteiger partial charge in [0.2, 0.25) is 15.9 Å². The van der Waals surface area contributed by atoms with Gasteiger partial charge in [0.1, 0.15) is 12.3 Å². The van der Waals surface area contributed by atoms with Crippen molar-refractivity contribution in [2.45, 2.75) is 26.3 Å². The number of hydrogen-bond acceptors (Lipinski definition) is 4. The van der Waals surface area contributed by atoms with Crippen molar-refractivity contribution in [3.05, 3.63) is 59.7 Å². The molecule has 9 heteroatoms. The highest BCUT2D eigenvalue weighted by atomic mass is 32.2. The lowest BCUT2D eigenvalue weighted by Crippen LogP contribution is -2.42. The maximum Gasteiger partial charge on any atom is 0.241 e. The standard InChI is InChI=1S/C21H26F2N2O4S/c1-14(2)11-20(15-5-8-17(29-3)9-6-15)24-21(26)13-25(30(4,27)28)16-7-10-18(22)19(23)12-16/h5-10,12,14,20H,11,13H2,1-4H3,(H,24,26)/t20-/m1/s1. The molecule has 30 heavy (non-hydrogen) atoms. The number of nitrogens with zero attached hydrogens (tertiary/aromatic N) is 1. The molecule has 2 aromatic rings. The summed E-state index contributed by atoms with van der Waals surface area (Å²) < 4.78 is 57.1. The quantitative estimate of drug-likeness (QED) is 0.646. The first-order valence-corrected chi connectivity index (χ1v) is 11.2. The monoisotopic (exact) mass is 440 g/mol. The van der Waals surface area contributed by atoms with E-state index in [4.69, 9.17) is 4.74 Å². The number of amides is 1. The number of benzene rings is 2. The highest BCUT2D eigenvalue weighted by Gasteiger charge is 2.24. The van der Waals surface area contributed by atoms with Gasteiger partial charge in [0.25, 0.3) is 0 Å². The number of nitrogens with one attached hydrogen (secondary N) is 1. The van der Waals surface area contributed by atoms with Crippen molar-refractivity contribution in [2.24, 2.45) is 5.92 Å². The lowest BCUT2D eigenvalue weighted by atomic mass is 9.97. The molecule has 164 valence electrons. The van der Waals surface area contributed by atoms with Crippen LogP contribution in [0.4, 0.5) is 14.5 Å². The molecule has 0 bridgehead atoms. The van der Waals surface area contributed by atoms with Gasteiger partial charge in [0.05, 0.1) is 25.1 Å². The summed E-state index contributed by atoms with van der Waals surface area (Å²) in [5.74, 6) is -1.93. The molecule has 1 amide bonds. The van der Waals surface area contributed by atoms with Gasteiger partial charge < -0.3 is 10.1 Å². The Morgan fingerprint density at radius 2 is 1.73 bits per heavy atom. The molecule has 2 aromatic carbocycles. The van der Waals surface area contributed by atoms with Crippen LogP contribution in [0.15, 0.2) is 42.5 Å². The minimum atomic E-state index is -3.91. The topological polar surface area (TPSA) is 75.7 Å². The van der Waals surface area contributed by atoms with E-state index in [0.29, 0.717) is 12.2 Å². The summed E-state index contributed by atoms with van der Waals surface area (Å²) >= 11 is 0. The van der Waals surface area contributed by atoms with E-state index >= 15 is 0 Å². The Morgan fingerprint density at radius 1 is 1.10 bits per heavy atom. The van der Waals surface area contributed by atoms with Gasteiger partial charge in [-0.15, -0.1) is 0 Å². The Balaban J connectivity index is 2.24. The van der Waals surface area contributed by atoms with Crippen LogP contribution in [0, 0.1) is 17.6 Å². The zero-order valence-electron chi connectivity index (χ0n) is 17.4. The average Bonchev–Trinajstić information content (AvgIpc) is 2.67. The fourth-order valence-electron chi connectivity index (χ4n) is 3.00. The van der Waals surface area contributed by atoms with E-state index in [-0.39, 0.29) is 17.6 Å². The normalized spacial score (nSPS) is 12.5. The second-order valence-electron chi connectivity index (χ2n) is 7.39. The Bertz CT molecular complexity index is 979. The van der Waals surface area contributed by atoms with Crippen LogP contribution in [-0.4, -0.2) is 34.2 Å². The van der Waals surface area contributed by atoms with Crippen molar-refractivity contribution in [1.29, 1.82) is 0 Å². The summed E-state index contributed by atoms with van der Waals surface area (Å²) in [7, 11) is -2.35. The molecule has 0 aliphatic heterocycles. The fourth-order valence-corrected chi connectivity index (χ4v) is 3.84. The Hall–Kier alpha value is -2.68. The molecule has 2 rings (SSSR count). The Kier molecular flexibility index (Phi) is 7.77. The van der Waals surface area contributed by atoms with Crippen LogP contribution in [0.25, 0.3) is 0 Å². The number of anilines is 1. The number of hydrogen-bond donors (Lipinski definition) is 1. The fraction of sp³-hybridized carbons (Fsp3) is 0.381. The Morgan fingerprint density at radius 3 is 2.23 bits per heavy atom. The first-order valence-electron chi connectivity index (χ1n) is 9.37. The zero-order chi connectivity index (χ0) is 22.5. The molecule has 0 spiro atoms. The van der Waals surface area contributed by atoms with Crippen LogP contribution in [-0.2, 0) is 14.8 Å². The predicted molar refractivity (Wildman–Crippen MR) is 112 cm³/mol. The first kappa shape index (κ1) is 23.6.